The van der Waals surface area contributed by atoms with Gasteiger partial charge in [0, 0.05) is 37.2 Å². The predicted octanol–water partition coefficient (Wildman–Crippen LogP) is 1.53. The van der Waals surface area contributed by atoms with Crippen LogP contribution in [0.15, 0.2) is 24.3 Å². The van der Waals surface area contributed by atoms with Gasteiger partial charge in [0.25, 0.3) is 5.91 Å². The maximum Gasteiger partial charge on any atom is 0.263 e. The van der Waals surface area contributed by atoms with Crippen LogP contribution in [0.5, 0.6) is 5.75 Å². The molecule has 1 saturated heterocycles. The van der Waals surface area contributed by atoms with Crippen LogP contribution in [-0.2, 0) is 9.59 Å². The fourth-order valence-corrected chi connectivity index (χ4v) is 3.06. The van der Waals surface area contributed by atoms with Crippen molar-refractivity contribution in [2.75, 3.05) is 32.7 Å². The van der Waals surface area contributed by atoms with Crippen LogP contribution in [0.3, 0.4) is 0 Å². The standard InChI is InChI=1S/C18H24ClN3O3/c1-13(25-16-4-2-3-14(19)11-16)18(24)22-9-7-21(8-10-22)12-17(23)20-15-5-6-15/h2-4,11,13,15H,5-10,12H2,1H3,(H,20,23). The van der Waals surface area contributed by atoms with E-state index in [4.69, 9.17) is 16.3 Å². The van der Waals surface area contributed by atoms with E-state index in [1.54, 1.807) is 36.1 Å². The van der Waals surface area contributed by atoms with E-state index < -0.39 is 6.10 Å². The number of benzene rings is 1. The van der Waals surface area contributed by atoms with Crippen LogP contribution in [0, 0.1) is 0 Å². The molecule has 3 rings (SSSR count). The summed E-state index contributed by atoms with van der Waals surface area (Å²) in [5, 5.41) is 3.57. The third-order valence-electron chi connectivity index (χ3n) is 4.45. The second-order valence-electron chi connectivity index (χ2n) is 6.66. The Morgan fingerprint density at radius 2 is 2.00 bits per heavy atom. The molecule has 0 bridgehead atoms. The summed E-state index contributed by atoms with van der Waals surface area (Å²) in [4.78, 5) is 28.3. The maximum absolute atomic E-state index is 12.5. The minimum Gasteiger partial charge on any atom is -0.481 e. The van der Waals surface area contributed by atoms with Crippen molar-refractivity contribution in [1.29, 1.82) is 0 Å². The average Bonchev–Trinajstić information content (AvgIpc) is 3.38. The number of carbonyl (C=O) groups is 2. The summed E-state index contributed by atoms with van der Waals surface area (Å²) in [6.45, 7) is 4.78. The van der Waals surface area contributed by atoms with E-state index in [-0.39, 0.29) is 11.8 Å². The van der Waals surface area contributed by atoms with E-state index >= 15 is 0 Å². The van der Waals surface area contributed by atoms with Gasteiger partial charge >= 0.3 is 0 Å². The smallest absolute Gasteiger partial charge is 0.263 e. The van der Waals surface area contributed by atoms with Gasteiger partial charge in [-0.05, 0) is 38.0 Å². The Labute approximate surface area is 153 Å². The molecular formula is C18H24ClN3O3. The molecule has 1 saturated carbocycles. The normalized spacial score (nSPS) is 19.4. The highest BCUT2D eigenvalue weighted by molar-refractivity contribution is 6.30. The number of amides is 2. The maximum atomic E-state index is 12.5. The van der Waals surface area contributed by atoms with Gasteiger partial charge in [-0.15, -0.1) is 0 Å². The molecule has 1 aliphatic heterocycles. The molecule has 0 aromatic heterocycles. The highest BCUT2D eigenvalue weighted by atomic mass is 35.5. The molecule has 1 atom stereocenters. The molecule has 0 spiro atoms. The fourth-order valence-electron chi connectivity index (χ4n) is 2.88. The zero-order valence-electron chi connectivity index (χ0n) is 14.4. The van der Waals surface area contributed by atoms with Gasteiger partial charge in [-0.3, -0.25) is 14.5 Å². The van der Waals surface area contributed by atoms with Gasteiger partial charge < -0.3 is 15.0 Å². The first kappa shape index (κ1) is 18.0. The van der Waals surface area contributed by atoms with Crippen molar-refractivity contribution in [1.82, 2.24) is 15.1 Å². The van der Waals surface area contributed by atoms with Gasteiger partial charge in [-0.1, -0.05) is 17.7 Å². The number of ether oxygens (including phenoxy) is 1. The Balaban J connectivity index is 1.43. The van der Waals surface area contributed by atoms with Crippen molar-refractivity contribution in [3.05, 3.63) is 29.3 Å². The lowest BCUT2D eigenvalue weighted by atomic mass is 10.2. The highest BCUT2D eigenvalue weighted by Gasteiger charge is 2.28. The van der Waals surface area contributed by atoms with Crippen molar-refractivity contribution in [2.45, 2.75) is 31.9 Å². The third-order valence-corrected chi connectivity index (χ3v) is 4.69. The lowest BCUT2D eigenvalue weighted by Crippen LogP contribution is -2.53. The molecule has 0 radical (unpaired) electrons. The molecule has 1 aliphatic carbocycles. The molecule has 1 N–H and O–H groups in total. The van der Waals surface area contributed by atoms with E-state index in [9.17, 15) is 9.59 Å². The first-order chi connectivity index (χ1) is 12.0. The Morgan fingerprint density at radius 3 is 2.64 bits per heavy atom. The summed E-state index contributed by atoms with van der Waals surface area (Å²) in [7, 11) is 0. The number of nitrogens with zero attached hydrogens (tertiary/aromatic N) is 2. The molecule has 1 aromatic carbocycles. The van der Waals surface area contributed by atoms with Crippen molar-refractivity contribution in [3.63, 3.8) is 0 Å². The Kier molecular flexibility index (Phi) is 5.81. The van der Waals surface area contributed by atoms with Crippen LogP contribution in [0.4, 0.5) is 0 Å². The zero-order valence-corrected chi connectivity index (χ0v) is 15.2. The molecule has 1 aromatic rings. The van der Waals surface area contributed by atoms with Crippen molar-refractivity contribution < 1.29 is 14.3 Å². The van der Waals surface area contributed by atoms with E-state index in [0.29, 0.717) is 49.5 Å². The number of halogens is 1. The number of rotatable bonds is 6. The fraction of sp³-hybridized carbons (Fsp3) is 0.556. The van der Waals surface area contributed by atoms with Gasteiger partial charge in [0.05, 0.1) is 6.54 Å². The summed E-state index contributed by atoms with van der Waals surface area (Å²) < 4.78 is 5.70. The van der Waals surface area contributed by atoms with Gasteiger partial charge in [0.1, 0.15) is 5.75 Å². The summed E-state index contributed by atoms with van der Waals surface area (Å²) in [5.41, 5.74) is 0. The first-order valence-electron chi connectivity index (χ1n) is 8.74. The average molecular weight is 366 g/mol. The van der Waals surface area contributed by atoms with E-state index in [1.165, 1.54) is 0 Å². The monoisotopic (exact) mass is 365 g/mol. The van der Waals surface area contributed by atoms with Gasteiger partial charge in [0.2, 0.25) is 5.91 Å². The van der Waals surface area contributed by atoms with Crippen LogP contribution in [0.25, 0.3) is 0 Å². The second kappa shape index (κ2) is 8.06. The molecule has 7 heteroatoms. The van der Waals surface area contributed by atoms with Crippen LogP contribution < -0.4 is 10.1 Å². The molecule has 2 fully saturated rings. The number of hydrogen-bond acceptors (Lipinski definition) is 4. The third kappa shape index (κ3) is 5.34. The number of piperazine rings is 1. The van der Waals surface area contributed by atoms with Crippen molar-refractivity contribution in [2.24, 2.45) is 0 Å². The Hall–Kier alpha value is -1.79. The van der Waals surface area contributed by atoms with E-state index in [2.05, 4.69) is 10.2 Å². The second-order valence-corrected chi connectivity index (χ2v) is 7.10. The van der Waals surface area contributed by atoms with Crippen LogP contribution in [0.2, 0.25) is 5.02 Å². The van der Waals surface area contributed by atoms with E-state index in [0.717, 1.165) is 12.8 Å². The summed E-state index contributed by atoms with van der Waals surface area (Å²) in [6.07, 6.45) is 1.63. The van der Waals surface area contributed by atoms with Crippen LogP contribution in [0.1, 0.15) is 19.8 Å². The Bertz CT molecular complexity index is 628. The predicted molar refractivity (Wildman–Crippen MR) is 95.7 cm³/mol. The van der Waals surface area contributed by atoms with Crippen molar-refractivity contribution >= 4 is 23.4 Å². The number of hydrogen-bond donors (Lipinski definition) is 1. The largest absolute Gasteiger partial charge is 0.481 e. The number of nitrogens with one attached hydrogen (secondary N) is 1. The topological polar surface area (TPSA) is 61.9 Å². The Morgan fingerprint density at radius 1 is 1.28 bits per heavy atom. The lowest BCUT2D eigenvalue weighted by Gasteiger charge is -2.35. The molecule has 1 heterocycles. The van der Waals surface area contributed by atoms with Gasteiger partial charge in [0.15, 0.2) is 6.10 Å². The van der Waals surface area contributed by atoms with Crippen molar-refractivity contribution in [3.8, 4) is 5.75 Å². The first-order valence-corrected chi connectivity index (χ1v) is 9.12. The van der Waals surface area contributed by atoms with Crippen LogP contribution in [-0.4, -0.2) is 66.5 Å². The van der Waals surface area contributed by atoms with Gasteiger partial charge in [-0.2, -0.15) is 0 Å². The molecule has 2 amide bonds. The molecular weight excluding hydrogens is 342 g/mol. The number of carbonyl (C=O) groups excluding carboxylic acids is 2. The molecule has 2 aliphatic rings. The quantitative estimate of drug-likeness (QED) is 0.830. The molecule has 6 nitrogen and oxygen atoms in total. The molecule has 25 heavy (non-hydrogen) atoms. The highest BCUT2D eigenvalue weighted by Crippen LogP contribution is 2.19. The SMILES string of the molecule is CC(Oc1cccc(Cl)c1)C(=O)N1CCN(CC(=O)NC2CC2)CC1. The molecule has 1 unspecified atom stereocenters. The lowest BCUT2D eigenvalue weighted by molar-refractivity contribution is -0.139. The molecule has 136 valence electrons. The summed E-state index contributed by atoms with van der Waals surface area (Å²) in [5.74, 6) is 0.630. The van der Waals surface area contributed by atoms with Crippen LogP contribution >= 0.6 is 11.6 Å². The summed E-state index contributed by atoms with van der Waals surface area (Å²) in [6, 6.07) is 7.42. The summed E-state index contributed by atoms with van der Waals surface area (Å²) >= 11 is 5.94. The minimum atomic E-state index is -0.566. The zero-order chi connectivity index (χ0) is 17.8. The van der Waals surface area contributed by atoms with Gasteiger partial charge in [-0.25, -0.2) is 0 Å². The minimum absolute atomic E-state index is 0.0398. The van der Waals surface area contributed by atoms with E-state index in [1.807, 2.05) is 0 Å².